The molecule has 2 rings (SSSR count). The molecule has 0 nitrogen and oxygen atoms in total. The second-order valence-corrected chi connectivity index (χ2v) is 6.98. The van der Waals surface area contributed by atoms with Crippen molar-refractivity contribution in [3.8, 4) is 0 Å². The van der Waals surface area contributed by atoms with Crippen LogP contribution in [0.5, 0.6) is 0 Å². The lowest BCUT2D eigenvalue weighted by atomic mass is 9.91. The van der Waals surface area contributed by atoms with Crippen LogP contribution in [0.4, 0.5) is 4.39 Å². The highest BCUT2D eigenvalue weighted by atomic mass is 32.2. The fourth-order valence-corrected chi connectivity index (χ4v) is 3.57. The summed E-state index contributed by atoms with van der Waals surface area (Å²) in [5, 5.41) is 0. The van der Waals surface area contributed by atoms with Crippen molar-refractivity contribution in [1.82, 2.24) is 0 Å². The van der Waals surface area contributed by atoms with Gasteiger partial charge in [0.05, 0.1) is 0 Å². The molecule has 0 heterocycles. The normalized spacial score (nSPS) is 12.3. The highest BCUT2D eigenvalue weighted by molar-refractivity contribution is 7.99. The molecule has 2 aromatic rings. The third-order valence-corrected chi connectivity index (χ3v) is 5.17. The fraction of sp³-hybridized carbons (Fsp3) is 0.400. The van der Waals surface area contributed by atoms with Crippen molar-refractivity contribution < 1.29 is 4.39 Å². The molecule has 22 heavy (non-hydrogen) atoms. The van der Waals surface area contributed by atoms with Gasteiger partial charge in [0.25, 0.3) is 0 Å². The Bertz CT molecular complexity index is 545. The summed E-state index contributed by atoms with van der Waals surface area (Å²) < 4.78 is 13.0. The Morgan fingerprint density at radius 1 is 0.955 bits per heavy atom. The summed E-state index contributed by atoms with van der Waals surface area (Å²) in [7, 11) is 0. The van der Waals surface area contributed by atoms with E-state index in [-0.39, 0.29) is 5.82 Å². The molecule has 0 spiro atoms. The van der Waals surface area contributed by atoms with Gasteiger partial charge in [-0.1, -0.05) is 43.2 Å². The van der Waals surface area contributed by atoms with Gasteiger partial charge in [0, 0.05) is 4.90 Å². The highest BCUT2D eigenvalue weighted by Gasteiger charge is 2.09. The molecule has 0 bridgehead atoms. The number of halogens is 1. The quantitative estimate of drug-likeness (QED) is 0.391. The van der Waals surface area contributed by atoms with E-state index in [0.29, 0.717) is 5.92 Å². The molecule has 0 amide bonds. The first-order chi connectivity index (χ1) is 10.7. The van der Waals surface area contributed by atoms with Gasteiger partial charge in [-0.25, -0.2) is 4.39 Å². The van der Waals surface area contributed by atoms with Crippen molar-refractivity contribution in [3.63, 3.8) is 0 Å². The third kappa shape index (κ3) is 5.49. The van der Waals surface area contributed by atoms with Gasteiger partial charge in [0.1, 0.15) is 5.82 Å². The van der Waals surface area contributed by atoms with Crippen molar-refractivity contribution >= 4 is 11.8 Å². The lowest BCUT2D eigenvalue weighted by Gasteiger charge is -2.15. The molecule has 0 radical (unpaired) electrons. The number of aryl methyl sites for hydroxylation is 1. The van der Waals surface area contributed by atoms with E-state index in [9.17, 15) is 4.39 Å². The molecule has 1 unspecified atom stereocenters. The van der Waals surface area contributed by atoms with Crippen LogP contribution in [-0.2, 0) is 0 Å². The van der Waals surface area contributed by atoms with Crippen LogP contribution >= 0.6 is 11.8 Å². The predicted octanol–water partition coefficient (Wildman–Crippen LogP) is 6.59. The minimum atomic E-state index is -0.145. The van der Waals surface area contributed by atoms with Crippen molar-refractivity contribution in [2.45, 2.75) is 50.3 Å². The maximum atomic E-state index is 13.0. The second kappa shape index (κ2) is 8.99. The molecule has 0 aliphatic rings. The van der Waals surface area contributed by atoms with Crippen LogP contribution in [0.25, 0.3) is 0 Å². The summed E-state index contributed by atoms with van der Waals surface area (Å²) in [4.78, 5) is 1.36. The standard InChI is InChI=1S/C20H25FS/c1-3-17(18-9-11-19(21)12-10-18)6-4-5-15-22-20-13-7-16(2)8-14-20/h7-14,17H,3-6,15H2,1-2H3. The third-order valence-electron chi connectivity index (χ3n) is 4.07. The fourth-order valence-electron chi connectivity index (χ4n) is 2.66. The Morgan fingerprint density at radius 2 is 1.64 bits per heavy atom. The van der Waals surface area contributed by atoms with E-state index < -0.39 is 0 Å². The average molecular weight is 316 g/mol. The Kier molecular flexibility index (Phi) is 6.98. The van der Waals surface area contributed by atoms with Gasteiger partial charge in [-0.05, 0) is 67.7 Å². The number of hydrogen-bond donors (Lipinski definition) is 0. The highest BCUT2D eigenvalue weighted by Crippen LogP contribution is 2.27. The van der Waals surface area contributed by atoms with Crippen LogP contribution in [0, 0.1) is 12.7 Å². The van der Waals surface area contributed by atoms with Crippen LogP contribution in [0.1, 0.15) is 49.7 Å². The first kappa shape index (κ1) is 17.1. The van der Waals surface area contributed by atoms with Crippen LogP contribution in [-0.4, -0.2) is 5.75 Å². The molecule has 1 atom stereocenters. The summed E-state index contributed by atoms with van der Waals surface area (Å²) >= 11 is 1.94. The molecule has 0 aromatic heterocycles. The van der Waals surface area contributed by atoms with Gasteiger partial charge in [0.2, 0.25) is 0 Å². The van der Waals surface area contributed by atoms with Gasteiger partial charge >= 0.3 is 0 Å². The van der Waals surface area contributed by atoms with Crippen molar-refractivity contribution in [2.75, 3.05) is 5.75 Å². The Morgan fingerprint density at radius 3 is 2.27 bits per heavy atom. The van der Waals surface area contributed by atoms with Gasteiger partial charge in [-0.3, -0.25) is 0 Å². The van der Waals surface area contributed by atoms with Crippen LogP contribution in [0.3, 0.4) is 0 Å². The predicted molar refractivity (Wildman–Crippen MR) is 95.2 cm³/mol. The van der Waals surface area contributed by atoms with E-state index >= 15 is 0 Å². The molecular weight excluding hydrogens is 291 g/mol. The van der Waals surface area contributed by atoms with Crippen LogP contribution < -0.4 is 0 Å². The molecule has 118 valence electrons. The Labute approximate surface area is 138 Å². The molecule has 0 fully saturated rings. The second-order valence-electron chi connectivity index (χ2n) is 5.81. The van der Waals surface area contributed by atoms with Gasteiger partial charge in [-0.15, -0.1) is 11.8 Å². The zero-order chi connectivity index (χ0) is 15.8. The molecule has 0 aliphatic carbocycles. The molecule has 0 saturated heterocycles. The van der Waals surface area contributed by atoms with Gasteiger partial charge in [0.15, 0.2) is 0 Å². The number of benzene rings is 2. The average Bonchev–Trinajstić information content (AvgIpc) is 2.54. The van der Waals surface area contributed by atoms with E-state index in [1.54, 1.807) is 12.1 Å². The zero-order valence-electron chi connectivity index (χ0n) is 13.5. The molecular formula is C20H25FS. The van der Waals surface area contributed by atoms with Gasteiger partial charge in [-0.2, -0.15) is 0 Å². The lowest BCUT2D eigenvalue weighted by molar-refractivity contribution is 0.568. The SMILES string of the molecule is CCC(CCCCSc1ccc(C)cc1)c1ccc(F)cc1. The van der Waals surface area contributed by atoms with Crippen molar-refractivity contribution in [2.24, 2.45) is 0 Å². The first-order valence-corrected chi connectivity index (χ1v) is 9.12. The monoisotopic (exact) mass is 316 g/mol. The van der Waals surface area contributed by atoms with E-state index in [0.717, 1.165) is 6.42 Å². The summed E-state index contributed by atoms with van der Waals surface area (Å²) in [5.41, 5.74) is 2.59. The molecule has 0 aliphatic heterocycles. The largest absolute Gasteiger partial charge is 0.207 e. The number of hydrogen-bond acceptors (Lipinski definition) is 1. The van der Waals surface area contributed by atoms with Crippen LogP contribution in [0.2, 0.25) is 0 Å². The van der Waals surface area contributed by atoms with Crippen molar-refractivity contribution in [1.29, 1.82) is 0 Å². The van der Waals surface area contributed by atoms with Gasteiger partial charge < -0.3 is 0 Å². The van der Waals surface area contributed by atoms with E-state index in [1.165, 1.54) is 41.0 Å². The number of rotatable bonds is 8. The van der Waals surface area contributed by atoms with Crippen molar-refractivity contribution in [3.05, 3.63) is 65.5 Å². The lowest BCUT2D eigenvalue weighted by Crippen LogP contribution is -1.98. The maximum Gasteiger partial charge on any atom is 0.123 e. The molecule has 2 heteroatoms. The van der Waals surface area contributed by atoms with E-state index in [1.807, 2.05) is 23.9 Å². The summed E-state index contributed by atoms with van der Waals surface area (Å²) in [5.74, 6) is 1.58. The minimum Gasteiger partial charge on any atom is -0.207 e. The summed E-state index contributed by atoms with van der Waals surface area (Å²) in [6, 6.07) is 15.8. The zero-order valence-corrected chi connectivity index (χ0v) is 14.3. The number of unbranched alkanes of at least 4 members (excludes halogenated alkanes) is 1. The minimum absolute atomic E-state index is 0.145. The number of thioether (sulfide) groups is 1. The smallest absolute Gasteiger partial charge is 0.123 e. The molecule has 2 aromatic carbocycles. The Balaban J connectivity index is 1.70. The maximum absolute atomic E-state index is 13.0. The Hall–Kier alpha value is -1.28. The van der Waals surface area contributed by atoms with E-state index in [4.69, 9.17) is 0 Å². The molecule has 0 saturated carbocycles. The first-order valence-electron chi connectivity index (χ1n) is 8.14. The summed E-state index contributed by atoms with van der Waals surface area (Å²) in [6.07, 6.45) is 4.78. The summed E-state index contributed by atoms with van der Waals surface area (Å²) in [6.45, 7) is 4.34. The molecule has 0 N–H and O–H groups in total. The topological polar surface area (TPSA) is 0 Å². The van der Waals surface area contributed by atoms with Crippen LogP contribution in [0.15, 0.2) is 53.4 Å². The van der Waals surface area contributed by atoms with E-state index in [2.05, 4.69) is 38.1 Å².